The number of hydrogen-bond acceptors (Lipinski definition) is 7. The van der Waals surface area contributed by atoms with Gasteiger partial charge in [0.1, 0.15) is 5.75 Å². The lowest BCUT2D eigenvalue weighted by molar-refractivity contribution is -0.0190. The molecule has 0 aliphatic carbocycles. The summed E-state index contributed by atoms with van der Waals surface area (Å²) in [6, 6.07) is 2.14. The molecular formula is C26H43N3O2S2. The van der Waals surface area contributed by atoms with Gasteiger partial charge in [0.2, 0.25) is 0 Å². The minimum atomic E-state index is 0.628. The summed E-state index contributed by atoms with van der Waals surface area (Å²) in [5, 5.41) is 0. The Morgan fingerprint density at radius 1 is 1.00 bits per heavy atom. The molecule has 3 heterocycles. The molecule has 1 atom stereocenters. The van der Waals surface area contributed by atoms with Crippen LogP contribution in [0.15, 0.2) is 11.0 Å². The topological polar surface area (TPSA) is 28.2 Å². The molecule has 5 nitrogen and oxygen atoms in total. The van der Waals surface area contributed by atoms with Crippen molar-refractivity contribution in [2.24, 2.45) is 11.8 Å². The van der Waals surface area contributed by atoms with E-state index in [2.05, 4.69) is 52.5 Å². The van der Waals surface area contributed by atoms with Crippen LogP contribution in [-0.2, 0) is 4.84 Å². The lowest BCUT2D eigenvalue weighted by atomic mass is 9.94. The van der Waals surface area contributed by atoms with Crippen molar-refractivity contribution in [3.63, 3.8) is 0 Å². The maximum absolute atomic E-state index is 6.04. The Hall–Kier alpha value is -0.440. The van der Waals surface area contributed by atoms with Gasteiger partial charge in [0.05, 0.1) is 13.7 Å². The van der Waals surface area contributed by atoms with E-state index in [1.807, 2.05) is 0 Å². The Labute approximate surface area is 210 Å². The largest absolute Gasteiger partial charge is 0.496 e. The lowest BCUT2D eigenvalue weighted by Gasteiger charge is -2.32. The van der Waals surface area contributed by atoms with Crippen molar-refractivity contribution in [1.82, 2.24) is 13.7 Å². The summed E-state index contributed by atoms with van der Waals surface area (Å²) in [7, 11) is 1.75. The summed E-state index contributed by atoms with van der Waals surface area (Å²) in [5.74, 6) is 3.76. The zero-order valence-electron chi connectivity index (χ0n) is 21.1. The Bertz CT molecular complexity index is 764. The standard InChI is InChI=1S/C26H43N3O2S2/c1-20-17-25(30-4)21(2)22(3)26(20)33-29-18-24(19-31-29)10-16-32-28-14-8-23(9-15-28)7-13-27-11-5-6-12-27/h17,23-24H,5-16,18-19H2,1-4H3. The van der Waals surface area contributed by atoms with E-state index in [4.69, 9.17) is 9.57 Å². The third-order valence-electron chi connectivity index (χ3n) is 7.68. The van der Waals surface area contributed by atoms with Crippen molar-refractivity contribution in [1.29, 1.82) is 0 Å². The molecule has 3 saturated heterocycles. The van der Waals surface area contributed by atoms with E-state index < -0.39 is 0 Å². The van der Waals surface area contributed by atoms with Crippen molar-refractivity contribution >= 4 is 23.9 Å². The number of ether oxygens (including phenoxy) is 1. The quantitative estimate of drug-likeness (QED) is 0.385. The number of methoxy groups -OCH3 is 1. The zero-order chi connectivity index (χ0) is 23.2. The van der Waals surface area contributed by atoms with Gasteiger partial charge in [-0.1, -0.05) is 11.9 Å². The van der Waals surface area contributed by atoms with Crippen molar-refractivity contribution in [3.05, 3.63) is 22.8 Å². The molecule has 1 aromatic rings. The predicted octanol–water partition coefficient (Wildman–Crippen LogP) is 5.73. The van der Waals surface area contributed by atoms with Crippen LogP contribution in [0.25, 0.3) is 0 Å². The molecule has 3 aliphatic rings. The monoisotopic (exact) mass is 493 g/mol. The fourth-order valence-corrected chi connectivity index (χ4v) is 7.53. The molecule has 0 radical (unpaired) electrons. The molecule has 0 aromatic heterocycles. The minimum Gasteiger partial charge on any atom is -0.496 e. The van der Waals surface area contributed by atoms with Gasteiger partial charge in [0.15, 0.2) is 0 Å². The van der Waals surface area contributed by atoms with Crippen LogP contribution in [0.4, 0.5) is 0 Å². The molecule has 0 saturated carbocycles. The molecule has 0 N–H and O–H groups in total. The number of piperidine rings is 1. The van der Waals surface area contributed by atoms with Crippen LogP contribution in [0.1, 0.15) is 55.2 Å². The number of hydroxylamine groups is 1. The Morgan fingerprint density at radius 2 is 1.76 bits per heavy atom. The Morgan fingerprint density at radius 3 is 2.48 bits per heavy atom. The SMILES string of the molecule is COc1cc(C)c(SN2CC(CCSN3CCC(CCN4CCCC4)CC3)CO2)c(C)c1C. The van der Waals surface area contributed by atoms with E-state index in [1.165, 1.54) is 98.6 Å². The molecule has 33 heavy (non-hydrogen) atoms. The van der Waals surface area contributed by atoms with Crippen LogP contribution in [0.3, 0.4) is 0 Å². The van der Waals surface area contributed by atoms with E-state index in [0.29, 0.717) is 5.92 Å². The van der Waals surface area contributed by atoms with E-state index >= 15 is 0 Å². The van der Waals surface area contributed by atoms with Crippen LogP contribution in [0.2, 0.25) is 0 Å². The van der Waals surface area contributed by atoms with Crippen molar-refractivity contribution in [2.75, 3.05) is 58.7 Å². The molecule has 1 unspecified atom stereocenters. The second kappa shape index (κ2) is 12.5. The lowest BCUT2D eigenvalue weighted by Crippen LogP contribution is -2.31. The molecule has 7 heteroatoms. The normalized spacial score (nSPS) is 23.6. The minimum absolute atomic E-state index is 0.628. The van der Waals surface area contributed by atoms with Gasteiger partial charge in [-0.25, -0.2) is 0 Å². The molecule has 0 spiro atoms. The summed E-state index contributed by atoms with van der Waals surface area (Å²) >= 11 is 3.83. The van der Waals surface area contributed by atoms with E-state index in [1.54, 1.807) is 19.1 Å². The first-order valence-corrected chi connectivity index (χ1v) is 14.6. The summed E-state index contributed by atoms with van der Waals surface area (Å²) < 4.78 is 10.2. The second-order valence-corrected chi connectivity index (χ2v) is 12.3. The van der Waals surface area contributed by atoms with E-state index in [9.17, 15) is 0 Å². The third kappa shape index (κ3) is 7.05. The highest BCUT2D eigenvalue weighted by atomic mass is 32.2. The van der Waals surface area contributed by atoms with Gasteiger partial charge in [-0.3, -0.25) is 9.14 Å². The molecule has 0 amide bonds. The van der Waals surface area contributed by atoms with Crippen LogP contribution in [-0.4, -0.2) is 72.4 Å². The summed E-state index contributed by atoms with van der Waals surface area (Å²) in [5.41, 5.74) is 3.77. The van der Waals surface area contributed by atoms with Crippen LogP contribution >= 0.6 is 23.9 Å². The Kier molecular flexibility index (Phi) is 9.71. The highest BCUT2D eigenvalue weighted by Crippen LogP contribution is 2.38. The van der Waals surface area contributed by atoms with Gasteiger partial charge >= 0.3 is 0 Å². The fourth-order valence-electron chi connectivity index (χ4n) is 5.27. The van der Waals surface area contributed by atoms with Gasteiger partial charge in [-0.15, -0.1) is 4.47 Å². The van der Waals surface area contributed by atoms with Crippen LogP contribution in [0, 0.1) is 32.6 Å². The Balaban J connectivity index is 1.12. The van der Waals surface area contributed by atoms with Crippen LogP contribution < -0.4 is 4.74 Å². The molecule has 186 valence electrons. The van der Waals surface area contributed by atoms with E-state index in [0.717, 1.165) is 24.8 Å². The summed E-state index contributed by atoms with van der Waals surface area (Å²) in [6.07, 6.45) is 8.25. The molecule has 0 bridgehead atoms. The summed E-state index contributed by atoms with van der Waals surface area (Å²) in [4.78, 5) is 10.0. The third-order valence-corrected chi connectivity index (χ3v) is 10.1. The number of likely N-dealkylation sites (tertiary alicyclic amines) is 1. The van der Waals surface area contributed by atoms with Gasteiger partial charge in [-0.05, 0) is 120 Å². The molecule has 3 fully saturated rings. The first-order valence-electron chi connectivity index (χ1n) is 12.9. The highest BCUT2D eigenvalue weighted by molar-refractivity contribution is 7.97. The number of nitrogens with zero attached hydrogens (tertiary/aromatic N) is 3. The maximum Gasteiger partial charge on any atom is 0.122 e. The molecular weight excluding hydrogens is 450 g/mol. The first kappa shape index (κ1) is 25.6. The predicted molar refractivity (Wildman–Crippen MR) is 141 cm³/mol. The van der Waals surface area contributed by atoms with Crippen molar-refractivity contribution < 1.29 is 9.57 Å². The number of rotatable bonds is 10. The van der Waals surface area contributed by atoms with Gasteiger partial charge in [0.25, 0.3) is 0 Å². The maximum atomic E-state index is 6.04. The molecule has 4 rings (SSSR count). The summed E-state index contributed by atoms with van der Waals surface area (Å²) in [6.45, 7) is 14.9. The van der Waals surface area contributed by atoms with Gasteiger partial charge in [0, 0.05) is 36.2 Å². The number of hydrogen-bond donors (Lipinski definition) is 0. The fraction of sp³-hybridized carbons (Fsp3) is 0.769. The van der Waals surface area contributed by atoms with E-state index in [-0.39, 0.29) is 0 Å². The smallest absolute Gasteiger partial charge is 0.122 e. The average molecular weight is 494 g/mol. The molecule has 1 aromatic carbocycles. The highest BCUT2D eigenvalue weighted by Gasteiger charge is 2.27. The number of aryl methyl sites for hydroxylation is 1. The first-order chi connectivity index (χ1) is 16.0. The molecule has 3 aliphatic heterocycles. The number of benzene rings is 1. The van der Waals surface area contributed by atoms with Crippen LogP contribution in [0.5, 0.6) is 5.75 Å². The zero-order valence-corrected chi connectivity index (χ0v) is 22.7. The second-order valence-electron chi connectivity index (χ2n) is 10.1. The van der Waals surface area contributed by atoms with Crippen molar-refractivity contribution in [2.45, 2.75) is 64.2 Å². The average Bonchev–Trinajstić information content (AvgIpc) is 3.51. The van der Waals surface area contributed by atoms with Gasteiger partial charge in [-0.2, -0.15) is 0 Å². The van der Waals surface area contributed by atoms with Crippen molar-refractivity contribution in [3.8, 4) is 5.75 Å². The van der Waals surface area contributed by atoms with Gasteiger partial charge < -0.3 is 9.64 Å².